The van der Waals surface area contributed by atoms with E-state index in [9.17, 15) is 5.11 Å². The number of phenolic OH excluding ortho intramolecular Hbond substituents is 1. The number of aryl methyl sites for hydroxylation is 1. The van der Waals surface area contributed by atoms with Gasteiger partial charge in [0.1, 0.15) is 45.0 Å². The second kappa shape index (κ2) is 6.94. The molecule has 2 aromatic rings. The zero-order valence-corrected chi connectivity index (χ0v) is 14.7. The molecule has 2 heterocycles. The zero-order valence-electron chi connectivity index (χ0n) is 14.7. The molecule has 0 unspecified atom stereocenters. The Labute approximate surface area is 148 Å². The van der Waals surface area contributed by atoms with Crippen molar-refractivity contribution < 1.29 is 24.4 Å². The Morgan fingerprint density at radius 3 is 2.32 bits per heavy atom. The van der Waals surface area contributed by atoms with E-state index >= 15 is 0 Å². The molecule has 0 bridgehead atoms. The molecule has 2 aliphatic rings. The third-order valence-electron chi connectivity index (χ3n) is 5.22. The van der Waals surface area contributed by atoms with Gasteiger partial charge in [-0.25, -0.2) is 0 Å². The summed E-state index contributed by atoms with van der Waals surface area (Å²) in [7, 11) is 0. The van der Waals surface area contributed by atoms with Crippen LogP contribution in [0.2, 0.25) is 0 Å². The van der Waals surface area contributed by atoms with Crippen LogP contribution in [-0.2, 0) is 13.1 Å². The molecule has 5 heteroatoms. The van der Waals surface area contributed by atoms with Crippen LogP contribution < -0.4 is 19.3 Å². The first-order valence-electron chi connectivity index (χ1n) is 9.01. The smallest absolute Gasteiger partial charge is 0.231 e. The van der Waals surface area contributed by atoms with E-state index in [1.807, 2.05) is 6.07 Å². The molecule has 25 heavy (non-hydrogen) atoms. The van der Waals surface area contributed by atoms with Gasteiger partial charge in [-0.15, -0.1) is 0 Å². The summed E-state index contributed by atoms with van der Waals surface area (Å²) >= 11 is 0. The number of benzene rings is 2. The van der Waals surface area contributed by atoms with Crippen molar-refractivity contribution in [1.82, 2.24) is 0 Å². The lowest BCUT2D eigenvalue weighted by Gasteiger charge is -2.30. The van der Waals surface area contributed by atoms with Crippen LogP contribution in [0.3, 0.4) is 0 Å². The van der Waals surface area contributed by atoms with Gasteiger partial charge in [-0.1, -0.05) is 29.8 Å². The Morgan fingerprint density at radius 1 is 0.920 bits per heavy atom. The molecule has 0 amide bonds. The molecule has 5 nitrogen and oxygen atoms in total. The molecule has 3 N–H and O–H groups in total. The van der Waals surface area contributed by atoms with Crippen LogP contribution in [0.15, 0.2) is 36.4 Å². The van der Waals surface area contributed by atoms with Crippen LogP contribution in [0.5, 0.6) is 17.2 Å². The highest BCUT2D eigenvalue weighted by Crippen LogP contribution is 2.37. The molecular weight excluding hydrogens is 316 g/mol. The molecule has 0 aromatic heterocycles. The van der Waals surface area contributed by atoms with Gasteiger partial charge in [-0.05, 0) is 13.0 Å². The van der Waals surface area contributed by atoms with Crippen LogP contribution >= 0.6 is 0 Å². The van der Waals surface area contributed by atoms with Crippen LogP contribution in [-0.4, -0.2) is 38.1 Å². The van der Waals surface area contributed by atoms with Gasteiger partial charge >= 0.3 is 0 Å². The second-order valence-corrected chi connectivity index (χ2v) is 7.18. The summed E-state index contributed by atoms with van der Waals surface area (Å²) in [5, 5.41) is 10.2. The molecule has 2 aliphatic heterocycles. The van der Waals surface area contributed by atoms with Crippen molar-refractivity contribution in [3.8, 4) is 17.2 Å². The average Bonchev–Trinajstić information content (AvgIpc) is 3.04. The SMILES string of the molecule is Cc1cccc(C[NH+]2CC[NH+](Cc3cc4c(cc3O)OCO4)CC2)c1. The number of piperazine rings is 1. The number of hydrogen-bond donors (Lipinski definition) is 3. The maximum absolute atomic E-state index is 10.2. The number of phenols is 1. The van der Waals surface area contributed by atoms with E-state index in [1.54, 1.807) is 11.0 Å². The van der Waals surface area contributed by atoms with Gasteiger partial charge in [0.05, 0.1) is 5.56 Å². The summed E-state index contributed by atoms with van der Waals surface area (Å²) in [6, 6.07) is 12.4. The standard InChI is InChI=1S/C20H24N2O3/c1-15-3-2-4-16(9-15)12-21-5-7-22(8-6-21)13-17-10-19-20(11-18(17)23)25-14-24-19/h2-4,9-11,23H,5-8,12-14H2,1H3/p+2. The zero-order chi connectivity index (χ0) is 17.2. The lowest BCUT2D eigenvalue weighted by Crippen LogP contribution is -3.27. The topological polar surface area (TPSA) is 47.6 Å². The van der Waals surface area contributed by atoms with E-state index in [1.165, 1.54) is 16.0 Å². The highest BCUT2D eigenvalue weighted by atomic mass is 16.7. The van der Waals surface area contributed by atoms with Crippen LogP contribution in [0.4, 0.5) is 0 Å². The summed E-state index contributed by atoms with van der Waals surface area (Å²) in [5.74, 6) is 1.70. The maximum atomic E-state index is 10.2. The molecule has 0 radical (unpaired) electrons. The summed E-state index contributed by atoms with van der Waals surface area (Å²) in [6.45, 7) is 8.89. The minimum absolute atomic E-state index is 0.242. The monoisotopic (exact) mass is 342 g/mol. The average molecular weight is 342 g/mol. The van der Waals surface area contributed by atoms with Gasteiger partial charge in [0.25, 0.3) is 0 Å². The number of hydrogen-bond acceptors (Lipinski definition) is 3. The van der Waals surface area contributed by atoms with Crippen LogP contribution in [0.25, 0.3) is 0 Å². The van der Waals surface area contributed by atoms with E-state index in [4.69, 9.17) is 9.47 Å². The van der Waals surface area contributed by atoms with Crippen molar-refractivity contribution in [2.24, 2.45) is 0 Å². The van der Waals surface area contributed by atoms with Crippen molar-refractivity contribution >= 4 is 0 Å². The van der Waals surface area contributed by atoms with Gasteiger partial charge in [0.15, 0.2) is 11.5 Å². The van der Waals surface area contributed by atoms with Crippen molar-refractivity contribution in [2.75, 3.05) is 33.0 Å². The Kier molecular flexibility index (Phi) is 4.51. The molecular formula is C20H26N2O3+2. The van der Waals surface area contributed by atoms with E-state index in [-0.39, 0.29) is 6.79 Å². The van der Waals surface area contributed by atoms with Gasteiger partial charge < -0.3 is 24.4 Å². The number of ether oxygens (including phenoxy) is 2. The first-order chi connectivity index (χ1) is 12.2. The molecule has 2 aromatic carbocycles. The minimum atomic E-state index is 0.242. The van der Waals surface area contributed by atoms with Crippen molar-refractivity contribution in [1.29, 1.82) is 0 Å². The molecule has 1 fully saturated rings. The summed E-state index contributed by atoms with van der Waals surface area (Å²) in [5.41, 5.74) is 3.70. The lowest BCUT2D eigenvalue weighted by molar-refractivity contribution is -1.02. The highest BCUT2D eigenvalue weighted by molar-refractivity contribution is 5.50. The molecule has 132 valence electrons. The van der Waals surface area contributed by atoms with Gasteiger partial charge in [-0.2, -0.15) is 0 Å². The van der Waals surface area contributed by atoms with E-state index in [2.05, 4.69) is 31.2 Å². The Bertz CT molecular complexity index is 755. The van der Waals surface area contributed by atoms with Crippen LogP contribution in [0, 0.1) is 6.92 Å². The summed E-state index contributed by atoms with van der Waals surface area (Å²) in [4.78, 5) is 3.16. The van der Waals surface area contributed by atoms with Gasteiger partial charge in [0, 0.05) is 11.6 Å². The highest BCUT2D eigenvalue weighted by Gasteiger charge is 2.25. The molecule has 0 spiro atoms. The molecule has 1 saturated heterocycles. The van der Waals surface area contributed by atoms with Gasteiger partial charge in [0.2, 0.25) is 6.79 Å². The van der Waals surface area contributed by atoms with Crippen molar-refractivity contribution in [2.45, 2.75) is 20.0 Å². The van der Waals surface area contributed by atoms with E-state index in [0.29, 0.717) is 11.5 Å². The molecule has 0 atom stereocenters. The predicted octanol–water partition coefficient (Wildman–Crippen LogP) is -0.0871. The van der Waals surface area contributed by atoms with Gasteiger partial charge in [-0.3, -0.25) is 0 Å². The van der Waals surface area contributed by atoms with E-state index < -0.39 is 0 Å². The molecule has 0 aliphatic carbocycles. The predicted molar refractivity (Wildman–Crippen MR) is 94.2 cm³/mol. The number of quaternary nitrogens is 2. The maximum Gasteiger partial charge on any atom is 0.231 e. The largest absolute Gasteiger partial charge is 0.507 e. The van der Waals surface area contributed by atoms with Crippen LogP contribution in [0.1, 0.15) is 16.7 Å². The third-order valence-corrected chi connectivity index (χ3v) is 5.22. The Morgan fingerprint density at radius 2 is 1.60 bits per heavy atom. The quantitative estimate of drug-likeness (QED) is 0.728. The molecule has 0 saturated carbocycles. The number of fused-ring (bicyclic) bond motifs is 1. The number of aromatic hydroxyl groups is 1. The lowest BCUT2D eigenvalue weighted by atomic mass is 10.1. The first-order valence-corrected chi connectivity index (χ1v) is 9.01. The second-order valence-electron chi connectivity index (χ2n) is 7.18. The molecule has 4 rings (SSSR count). The van der Waals surface area contributed by atoms with Crippen molar-refractivity contribution in [3.63, 3.8) is 0 Å². The Hall–Kier alpha value is -2.24. The fourth-order valence-corrected chi connectivity index (χ4v) is 3.81. The normalized spacial score (nSPS) is 22.1. The van der Waals surface area contributed by atoms with E-state index in [0.717, 1.165) is 50.6 Å². The fraction of sp³-hybridized carbons (Fsp3) is 0.400. The summed E-state index contributed by atoms with van der Waals surface area (Å²) < 4.78 is 10.7. The summed E-state index contributed by atoms with van der Waals surface area (Å²) in [6.07, 6.45) is 0. The minimum Gasteiger partial charge on any atom is -0.507 e. The number of nitrogens with one attached hydrogen (secondary N) is 2. The first kappa shape index (κ1) is 16.2. The fourth-order valence-electron chi connectivity index (χ4n) is 3.81. The number of rotatable bonds is 4. The Balaban J connectivity index is 1.33. The van der Waals surface area contributed by atoms with Crippen molar-refractivity contribution in [3.05, 3.63) is 53.1 Å². The third kappa shape index (κ3) is 3.72.